The van der Waals surface area contributed by atoms with Crippen LogP contribution in [0.2, 0.25) is 0 Å². The van der Waals surface area contributed by atoms with Gasteiger partial charge in [0.05, 0.1) is 0 Å². The highest BCUT2D eigenvalue weighted by Crippen LogP contribution is 2.29. The summed E-state index contributed by atoms with van der Waals surface area (Å²) in [6.07, 6.45) is 0.678. The smallest absolute Gasteiger partial charge is 0.223 e. The van der Waals surface area contributed by atoms with Crippen molar-refractivity contribution in [1.29, 1.82) is 0 Å². The number of carbonyl (C=O) groups excluding carboxylic acids is 1. The number of carbonyl (C=O) groups is 1. The fourth-order valence-corrected chi connectivity index (χ4v) is 2.72. The first-order valence-corrected chi connectivity index (χ1v) is 7.09. The zero-order valence-electron chi connectivity index (χ0n) is 10.8. The number of amides is 1. The van der Waals surface area contributed by atoms with Crippen molar-refractivity contribution < 1.29 is 4.79 Å². The summed E-state index contributed by atoms with van der Waals surface area (Å²) >= 11 is 3.49. The molecular weight excluding hydrogens is 292 g/mol. The highest BCUT2D eigenvalue weighted by Gasteiger charge is 2.31. The molecule has 1 aromatic carbocycles. The van der Waals surface area contributed by atoms with Crippen LogP contribution in [0.25, 0.3) is 0 Å². The molecule has 1 aliphatic rings. The van der Waals surface area contributed by atoms with Gasteiger partial charge in [-0.15, -0.1) is 0 Å². The molecule has 0 spiro atoms. The molecule has 4 heteroatoms. The first-order valence-electron chi connectivity index (χ1n) is 6.29. The lowest BCUT2D eigenvalue weighted by Gasteiger charge is -2.19. The Morgan fingerprint density at radius 1 is 1.50 bits per heavy atom. The summed E-state index contributed by atoms with van der Waals surface area (Å²) in [5.41, 5.74) is 7.65. The van der Waals surface area contributed by atoms with Gasteiger partial charge in [-0.1, -0.05) is 26.0 Å². The van der Waals surface area contributed by atoms with Crippen LogP contribution in [-0.4, -0.2) is 17.4 Å². The Morgan fingerprint density at radius 2 is 2.22 bits per heavy atom. The normalized spacial score (nSPS) is 19.9. The monoisotopic (exact) mass is 310 g/mol. The molecule has 1 saturated heterocycles. The Labute approximate surface area is 116 Å². The third-order valence-electron chi connectivity index (χ3n) is 3.66. The molecule has 0 aliphatic carbocycles. The molecule has 2 rings (SSSR count). The highest BCUT2D eigenvalue weighted by molar-refractivity contribution is 9.10. The lowest BCUT2D eigenvalue weighted by atomic mass is 9.95. The molecule has 0 bridgehead atoms. The lowest BCUT2D eigenvalue weighted by Crippen LogP contribution is -2.25. The van der Waals surface area contributed by atoms with Crippen molar-refractivity contribution in [2.75, 3.05) is 12.3 Å². The van der Waals surface area contributed by atoms with Crippen LogP contribution < -0.4 is 5.73 Å². The van der Waals surface area contributed by atoms with E-state index in [0.29, 0.717) is 24.8 Å². The Kier molecular flexibility index (Phi) is 3.95. The van der Waals surface area contributed by atoms with Gasteiger partial charge in [0.15, 0.2) is 0 Å². The minimum absolute atomic E-state index is 0.253. The first-order chi connectivity index (χ1) is 8.49. The molecule has 98 valence electrons. The van der Waals surface area contributed by atoms with Crippen LogP contribution in [0.5, 0.6) is 0 Å². The van der Waals surface area contributed by atoms with Crippen molar-refractivity contribution in [2.45, 2.75) is 26.8 Å². The lowest BCUT2D eigenvalue weighted by molar-refractivity contribution is -0.128. The largest absolute Gasteiger partial charge is 0.398 e. The molecule has 1 aliphatic heterocycles. The number of nitrogens with two attached hydrogens (primary N) is 1. The molecule has 1 aromatic rings. The molecule has 1 heterocycles. The predicted octanol–water partition coefficient (Wildman–Crippen LogP) is 3.04. The number of nitrogens with zero attached hydrogens (tertiary/aromatic N) is 1. The number of rotatable bonds is 3. The Bertz CT molecular complexity index is 459. The van der Waals surface area contributed by atoms with Crippen LogP contribution in [0, 0.1) is 11.8 Å². The number of anilines is 1. The molecule has 1 amide bonds. The predicted molar refractivity (Wildman–Crippen MR) is 76.9 cm³/mol. The van der Waals surface area contributed by atoms with Crippen molar-refractivity contribution in [3.8, 4) is 0 Å². The van der Waals surface area contributed by atoms with Crippen LogP contribution in [0.15, 0.2) is 22.7 Å². The average Bonchev–Trinajstić information content (AvgIpc) is 2.67. The summed E-state index contributed by atoms with van der Waals surface area (Å²) in [6, 6.07) is 5.79. The Morgan fingerprint density at radius 3 is 2.83 bits per heavy atom. The molecule has 18 heavy (non-hydrogen) atoms. The quantitative estimate of drug-likeness (QED) is 0.872. The number of benzene rings is 1. The van der Waals surface area contributed by atoms with Gasteiger partial charge in [0.2, 0.25) is 5.91 Å². The Balaban J connectivity index is 2.10. The van der Waals surface area contributed by atoms with E-state index in [1.165, 1.54) is 0 Å². The van der Waals surface area contributed by atoms with Crippen LogP contribution >= 0.6 is 15.9 Å². The summed E-state index contributed by atoms with van der Waals surface area (Å²) < 4.78 is 0.908. The van der Waals surface area contributed by atoms with Crippen molar-refractivity contribution in [3.05, 3.63) is 28.2 Å². The SMILES string of the molecule is CC(C)C1CC(=O)N(Cc2cccc(N)c2Br)C1. The average molecular weight is 311 g/mol. The fraction of sp³-hybridized carbons (Fsp3) is 0.500. The minimum Gasteiger partial charge on any atom is -0.398 e. The van der Waals surface area contributed by atoms with Gasteiger partial charge in [0.25, 0.3) is 0 Å². The van der Waals surface area contributed by atoms with E-state index in [-0.39, 0.29) is 5.91 Å². The van der Waals surface area contributed by atoms with Gasteiger partial charge in [0.1, 0.15) is 0 Å². The van der Waals surface area contributed by atoms with Gasteiger partial charge in [-0.05, 0) is 39.4 Å². The van der Waals surface area contributed by atoms with E-state index in [4.69, 9.17) is 5.73 Å². The summed E-state index contributed by atoms with van der Waals surface area (Å²) in [6.45, 7) is 5.86. The molecule has 0 saturated carbocycles. The van der Waals surface area contributed by atoms with Crippen LogP contribution in [0.4, 0.5) is 5.69 Å². The highest BCUT2D eigenvalue weighted by atomic mass is 79.9. The number of hydrogen-bond donors (Lipinski definition) is 1. The van der Waals surface area contributed by atoms with E-state index in [2.05, 4.69) is 29.8 Å². The van der Waals surface area contributed by atoms with Crippen molar-refractivity contribution in [2.24, 2.45) is 11.8 Å². The van der Waals surface area contributed by atoms with E-state index < -0.39 is 0 Å². The second-order valence-corrected chi connectivity index (χ2v) is 6.10. The summed E-state index contributed by atoms with van der Waals surface area (Å²) in [7, 11) is 0. The molecule has 1 unspecified atom stereocenters. The molecule has 1 atom stereocenters. The zero-order valence-corrected chi connectivity index (χ0v) is 12.4. The molecule has 0 aromatic heterocycles. The van der Waals surface area contributed by atoms with Gasteiger partial charge >= 0.3 is 0 Å². The van der Waals surface area contributed by atoms with E-state index in [9.17, 15) is 4.79 Å². The van der Waals surface area contributed by atoms with Gasteiger partial charge in [-0.3, -0.25) is 4.79 Å². The maximum Gasteiger partial charge on any atom is 0.223 e. The van der Waals surface area contributed by atoms with Gasteiger partial charge in [0, 0.05) is 29.7 Å². The number of hydrogen-bond acceptors (Lipinski definition) is 2. The van der Waals surface area contributed by atoms with Crippen molar-refractivity contribution in [1.82, 2.24) is 4.90 Å². The Hall–Kier alpha value is -1.03. The van der Waals surface area contributed by atoms with Gasteiger partial charge in [-0.25, -0.2) is 0 Å². The van der Waals surface area contributed by atoms with Gasteiger partial charge in [-0.2, -0.15) is 0 Å². The number of halogens is 1. The fourth-order valence-electron chi connectivity index (χ4n) is 2.33. The second-order valence-electron chi connectivity index (χ2n) is 5.30. The third kappa shape index (κ3) is 2.69. The molecule has 2 N–H and O–H groups in total. The van der Waals surface area contributed by atoms with Crippen LogP contribution in [0.1, 0.15) is 25.8 Å². The maximum atomic E-state index is 12.0. The van der Waals surface area contributed by atoms with Crippen molar-refractivity contribution in [3.63, 3.8) is 0 Å². The van der Waals surface area contributed by atoms with E-state index >= 15 is 0 Å². The molecule has 3 nitrogen and oxygen atoms in total. The topological polar surface area (TPSA) is 46.3 Å². The zero-order chi connectivity index (χ0) is 13.3. The molecular formula is C14H19BrN2O. The number of likely N-dealkylation sites (tertiary alicyclic amines) is 1. The standard InChI is InChI=1S/C14H19BrN2O/c1-9(2)11-6-13(18)17(8-11)7-10-4-3-5-12(16)14(10)15/h3-5,9,11H,6-8,16H2,1-2H3. The van der Waals surface area contributed by atoms with E-state index in [1.54, 1.807) is 0 Å². The molecule has 0 radical (unpaired) electrons. The first kappa shape index (κ1) is 13.4. The summed E-state index contributed by atoms with van der Waals surface area (Å²) in [4.78, 5) is 13.9. The van der Waals surface area contributed by atoms with Crippen LogP contribution in [0.3, 0.4) is 0 Å². The van der Waals surface area contributed by atoms with Crippen molar-refractivity contribution >= 4 is 27.5 Å². The summed E-state index contributed by atoms with van der Waals surface area (Å²) in [5, 5.41) is 0. The van der Waals surface area contributed by atoms with E-state index in [0.717, 1.165) is 22.3 Å². The molecule has 1 fully saturated rings. The number of nitrogen functional groups attached to an aromatic ring is 1. The minimum atomic E-state index is 0.253. The van der Waals surface area contributed by atoms with E-state index in [1.807, 2.05) is 23.1 Å². The summed E-state index contributed by atoms with van der Waals surface area (Å²) in [5.74, 6) is 1.29. The second kappa shape index (κ2) is 5.31. The third-order valence-corrected chi connectivity index (χ3v) is 4.62. The maximum absolute atomic E-state index is 12.0. The van der Waals surface area contributed by atoms with Crippen LogP contribution in [-0.2, 0) is 11.3 Å². The van der Waals surface area contributed by atoms with Gasteiger partial charge < -0.3 is 10.6 Å².